The highest BCUT2D eigenvalue weighted by Gasteiger charge is 2.56. The molecule has 1 aromatic rings. The molecular weight excluding hydrogens is 328 g/mol. The number of hydrogen-bond acceptors (Lipinski definition) is 6. The largest absolute Gasteiger partial charge is 0.458 e. The number of benzene rings is 1. The molecule has 0 saturated carbocycles. The maximum Gasteiger partial charge on any atom is 0.307 e. The van der Waals surface area contributed by atoms with Crippen molar-refractivity contribution in [2.75, 3.05) is 11.9 Å². The fourth-order valence-electron chi connectivity index (χ4n) is 3.66. The predicted octanol–water partition coefficient (Wildman–Crippen LogP) is 2.42. The molecular formula is C17H20N2O6. The summed E-state index contributed by atoms with van der Waals surface area (Å²) in [6, 6.07) is 5.57. The summed E-state index contributed by atoms with van der Waals surface area (Å²) in [6.07, 6.45) is 0.944. The van der Waals surface area contributed by atoms with E-state index in [1.54, 1.807) is 0 Å². The van der Waals surface area contributed by atoms with Gasteiger partial charge in [0.15, 0.2) is 0 Å². The Morgan fingerprint density at radius 2 is 2.00 bits per heavy atom. The van der Waals surface area contributed by atoms with E-state index in [2.05, 4.69) is 5.32 Å². The molecule has 3 rings (SSSR count). The van der Waals surface area contributed by atoms with Gasteiger partial charge in [-0.1, -0.05) is 0 Å². The quantitative estimate of drug-likeness (QED) is 0.510. The minimum Gasteiger partial charge on any atom is -0.458 e. The van der Waals surface area contributed by atoms with Crippen molar-refractivity contribution in [2.24, 2.45) is 5.92 Å². The Bertz CT molecular complexity index is 714. The molecule has 2 saturated heterocycles. The van der Waals surface area contributed by atoms with Gasteiger partial charge in [0.2, 0.25) is 5.91 Å². The molecule has 8 heteroatoms. The average molecular weight is 348 g/mol. The highest BCUT2D eigenvalue weighted by atomic mass is 16.6. The molecule has 2 unspecified atom stereocenters. The molecule has 1 N–H and O–H groups in total. The van der Waals surface area contributed by atoms with E-state index in [0.29, 0.717) is 25.1 Å². The molecule has 134 valence electrons. The van der Waals surface area contributed by atoms with Crippen LogP contribution in [0.15, 0.2) is 24.3 Å². The Morgan fingerprint density at radius 3 is 2.60 bits per heavy atom. The van der Waals surface area contributed by atoms with Gasteiger partial charge in [0.25, 0.3) is 5.69 Å². The van der Waals surface area contributed by atoms with Crippen LogP contribution in [0, 0.1) is 16.0 Å². The SMILES string of the molecule is CC1(C)CC2(CCO1)OC(=O)CC2C(=O)Nc1ccc([N+](=O)[O-])cc1. The third-order valence-corrected chi connectivity index (χ3v) is 4.73. The number of anilines is 1. The monoisotopic (exact) mass is 348 g/mol. The Balaban J connectivity index is 1.78. The van der Waals surface area contributed by atoms with E-state index in [9.17, 15) is 19.7 Å². The molecule has 2 aliphatic heterocycles. The number of nitrogens with one attached hydrogen (secondary N) is 1. The van der Waals surface area contributed by atoms with Crippen molar-refractivity contribution in [2.45, 2.75) is 44.3 Å². The van der Waals surface area contributed by atoms with Crippen LogP contribution < -0.4 is 5.32 Å². The van der Waals surface area contributed by atoms with Crippen molar-refractivity contribution in [3.05, 3.63) is 34.4 Å². The Kier molecular flexibility index (Phi) is 4.24. The van der Waals surface area contributed by atoms with E-state index in [-0.39, 0.29) is 24.0 Å². The van der Waals surface area contributed by atoms with Crippen molar-refractivity contribution in [1.29, 1.82) is 0 Å². The van der Waals surface area contributed by atoms with Gasteiger partial charge in [0.05, 0.1) is 29.5 Å². The number of nitro benzene ring substituents is 1. The van der Waals surface area contributed by atoms with Crippen LogP contribution in [-0.2, 0) is 19.1 Å². The van der Waals surface area contributed by atoms with Crippen molar-refractivity contribution in [1.82, 2.24) is 0 Å². The molecule has 25 heavy (non-hydrogen) atoms. The summed E-state index contributed by atoms with van der Waals surface area (Å²) < 4.78 is 11.3. The number of esters is 1. The molecule has 0 aliphatic carbocycles. The van der Waals surface area contributed by atoms with Crippen LogP contribution in [0.5, 0.6) is 0 Å². The maximum atomic E-state index is 12.7. The highest BCUT2D eigenvalue weighted by Crippen LogP contribution is 2.46. The van der Waals surface area contributed by atoms with Gasteiger partial charge in [0.1, 0.15) is 5.60 Å². The molecule has 2 heterocycles. The van der Waals surface area contributed by atoms with E-state index < -0.39 is 22.0 Å². The van der Waals surface area contributed by atoms with E-state index in [4.69, 9.17) is 9.47 Å². The van der Waals surface area contributed by atoms with Crippen molar-refractivity contribution in [3.8, 4) is 0 Å². The summed E-state index contributed by atoms with van der Waals surface area (Å²) in [5.74, 6) is -1.32. The third-order valence-electron chi connectivity index (χ3n) is 4.73. The molecule has 2 fully saturated rings. The first-order valence-corrected chi connectivity index (χ1v) is 8.12. The molecule has 0 radical (unpaired) electrons. The minimum atomic E-state index is -0.857. The summed E-state index contributed by atoms with van der Waals surface area (Å²) in [4.78, 5) is 34.8. The van der Waals surface area contributed by atoms with Gasteiger partial charge < -0.3 is 14.8 Å². The molecule has 1 aromatic carbocycles. The van der Waals surface area contributed by atoms with E-state index in [1.807, 2.05) is 13.8 Å². The number of nitrogens with zero attached hydrogens (tertiary/aromatic N) is 1. The smallest absolute Gasteiger partial charge is 0.307 e. The lowest BCUT2D eigenvalue weighted by Crippen LogP contribution is -2.52. The van der Waals surface area contributed by atoms with E-state index in [1.165, 1.54) is 24.3 Å². The average Bonchev–Trinajstić information content (AvgIpc) is 2.82. The maximum absolute atomic E-state index is 12.7. The summed E-state index contributed by atoms with van der Waals surface area (Å²) >= 11 is 0. The normalized spacial score (nSPS) is 27.8. The minimum absolute atomic E-state index is 0.0227. The molecule has 2 atom stereocenters. The Labute approximate surface area is 144 Å². The van der Waals surface area contributed by atoms with E-state index >= 15 is 0 Å². The van der Waals surface area contributed by atoms with Crippen molar-refractivity contribution < 1.29 is 24.0 Å². The summed E-state index contributed by atoms with van der Waals surface area (Å²) in [6.45, 7) is 4.23. The summed E-state index contributed by atoms with van der Waals surface area (Å²) in [5, 5.41) is 13.4. The third kappa shape index (κ3) is 3.48. The van der Waals surface area contributed by atoms with E-state index in [0.717, 1.165) is 0 Å². The zero-order chi connectivity index (χ0) is 18.2. The van der Waals surface area contributed by atoms with Crippen LogP contribution in [0.2, 0.25) is 0 Å². The molecule has 8 nitrogen and oxygen atoms in total. The number of carbonyl (C=O) groups excluding carboxylic acids is 2. The van der Waals surface area contributed by atoms with Gasteiger partial charge in [-0.05, 0) is 26.0 Å². The van der Waals surface area contributed by atoms with Gasteiger partial charge in [-0.2, -0.15) is 0 Å². The number of carbonyl (C=O) groups is 2. The van der Waals surface area contributed by atoms with Gasteiger partial charge in [0, 0.05) is 30.7 Å². The van der Waals surface area contributed by atoms with Crippen molar-refractivity contribution >= 4 is 23.3 Å². The van der Waals surface area contributed by atoms with Crippen molar-refractivity contribution in [3.63, 3.8) is 0 Å². The standard InChI is InChI=1S/C17H20N2O6/c1-16(2)10-17(7-8-24-16)13(9-14(20)25-17)15(21)18-11-3-5-12(6-4-11)19(22)23/h3-6,13H,7-10H2,1-2H3,(H,18,21). The summed E-state index contributed by atoms with van der Waals surface area (Å²) in [7, 11) is 0. The second kappa shape index (κ2) is 6.11. The molecule has 1 amide bonds. The van der Waals surface area contributed by atoms with Gasteiger partial charge in [-0.25, -0.2) is 0 Å². The fraction of sp³-hybridized carbons (Fsp3) is 0.529. The molecule has 2 aliphatic rings. The first kappa shape index (κ1) is 17.3. The second-order valence-corrected chi connectivity index (χ2v) is 7.12. The number of ether oxygens (including phenoxy) is 2. The van der Waals surface area contributed by atoms with Gasteiger partial charge >= 0.3 is 5.97 Å². The van der Waals surface area contributed by atoms with Crippen LogP contribution in [0.1, 0.15) is 33.1 Å². The number of non-ortho nitro benzene ring substituents is 1. The fourth-order valence-corrected chi connectivity index (χ4v) is 3.66. The van der Waals surface area contributed by atoms with Crippen LogP contribution in [0.3, 0.4) is 0 Å². The molecule has 0 bridgehead atoms. The first-order chi connectivity index (χ1) is 11.7. The number of hydrogen-bond donors (Lipinski definition) is 1. The molecule has 1 spiro atoms. The predicted molar refractivity (Wildman–Crippen MR) is 87.9 cm³/mol. The van der Waals surface area contributed by atoms with Crippen LogP contribution in [-0.4, -0.2) is 34.6 Å². The lowest BCUT2D eigenvalue weighted by atomic mass is 9.75. The van der Waals surface area contributed by atoms with Crippen LogP contribution >= 0.6 is 0 Å². The Morgan fingerprint density at radius 1 is 1.32 bits per heavy atom. The summed E-state index contributed by atoms with van der Waals surface area (Å²) in [5.41, 5.74) is -0.949. The zero-order valence-electron chi connectivity index (χ0n) is 14.1. The lowest BCUT2D eigenvalue weighted by Gasteiger charge is -2.43. The number of amides is 1. The van der Waals surface area contributed by atoms with Crippen LogP contribution in [0.25, 0.3) is 0 Å². The highest BCUT2D eigenvalue weighted by molar-refractivity contribution is 5.97. The number of nitro groups is 1. The topological polar surface area (TPSA) is 108 Å². The number of rotatable bonds is 3. The lowest BCUT2D eigenvalue weighted by molar-refractivity contribution is -0.384. The van der Waals surface area contributed by atoms with Crippen LogP contribution in [0.4, 0.5) is 11.4 Å². The Hall–Kier alpha value is -2.48. The first-order valence-electron chi connectivity index (χ1n) is 8.12. The zero-order valence-corrected chi connectivity index (χ0v) is 14.1. The molecule has 0 aromatic heterocycles. The van der Waals surface area contributed by atoms with Gasteiger partial charge in [-0.15, -0.1) is 0 Å². The second-order valence-electron chi connectivity index (χ2n) is 7.12. The van der Waals surface area contributed by atoms with Gasteiger partial charge in [-0.3, -0.25) is 19.7 Å².